The van der Waals surface area contributed by atoms with Gasteiger partial charge in [-0.2, -0.15) is 4.98 Å². The zero-order valence-corrected chi connectivity index (χ0v) is 9.19. The topological polar surface area (TPSA) is 69.6 Å². The number of halogens is 1. The molecule has 0 aliphatic carbocycles. The maximum Gasteiger partial charge on any atom is 0.225 e. The highest BCUT2D eigenvalue weighted by Crippen LogP contribution is 2.10. The van der Waals surface area contributed by atoms with E-state index in [2.05, 4.69) is 20.3 Å². The Morgan fingerprint density at radius 3 is 2.80 bits per heavy atom. The van der Waals surface area contributed by atoms with Crippen molar-refractivity contribution in [3.8, 4) is 0 Å². The Bertz CT molecular complexity index is 463. The minimum atomic E-state index is 0.342. The molecule has 2 aromatic rings. The number of rotatable bonds is 3. The first-order valence-corrected chi connectivity index (χ1v) is 4.95. The molecule has 2 aromatic heterocycles. The molecule has 0 saturated carbocycles. The lowest BCUT2D eigenvalue weighted by Crippen LogP contribution is -2.06. The summed E-state index contributed by atoms with van der Waals surface area (Å²) in [6, 6.07) is 0. The highest BCUT2D eigenvalue weighted by atomic mass is 35.5. The molecule has 0 radical (unpaired) electrons. The van der Waals surface area contributed by atoms with Crippen molar-refractivity contribution in [2.75, 3.05) is 0 Å². The third-order valence-electron chi connectivity index (χ3n) is 1.97. The van der Waals surface area contributed by atoms with Gasteiger partial charge in [-0.15, -0.1) is 10.2 Å². The molecule has 7 heteroatoms. The van der Waals surface area contributed by atoms with Crippen molar-refractivity contribution in [3.05, 3.63) is 22.8 Å². The van der Waals surface area contributed by atoms with E-state index in [4.69, 9.17) is 16.1 Å². The lowest BCUT2D eigenvalue weighted by atomic mass is 10.4. The van der Waals surface area contributed by atoms with E-state index in [1.165, 1.54) is 0 Å². The lowest BCUT2D eigenvalue weighted by Gasteiger charge is -2.01. The van der Waals surface area contributed by atoms with Crippen LogP contribution in [0, 0.1) is 6.92 Å². The smallest absolute Gasteiger partial charge is 0.225 e. The van der Waals surface area contributed by atoms with Gasteiger partial charge in [-0.3, -0.25) is 4.57 Å². The van der Waals surface area contributed by atoms with E-state index in [9.17, 15) is 0 Å². The van der Waals surface area contributed by atoms with Crippen molar-refractivity contribution >= 4 is 11.6 Å². The number of hydrogen-bond acceptors (Lipinski definition) is 5. The van der Waals surface area contributed by atoms with E-state index in [1.54, 1.807) is 11.5 Å². The van der Waals surface area contributed by atoms with Gasteiger partial charge in [0.1, 0.15) is 5.82 Å². The van der Waals surface area contributed by atoms with Crippen LogP contribution in [0.3, 0.4) is 0 Å². The summed E-state index contributed by atoms with van der Waals surface area (Å²) in [5, 5.41) is 11.8. The molecule has 2 heterocycles. The van der Waals surface area contributed by atoms with Gasteiger partial charge >= 0.3 is 0 Å². The van der Waals surface area contributed by atoms with Crippen LogP contribution in [0.1, 0.15) is 24.5 Å². The predicted molar refractivity (Wildman–Crippen MR) is 52.5 cm³/mol. The quantitative estimate of drug-likeness (QED) is 0.789. The first-order valence-electron chi connectivity index (χ1n) is 4.57. The van der Waals surface area contributed by atoms with Crippen LogP contribution in [-0.4, -0.2) is 24.9 Å². The Morgan fingerprint density at radius 2 is 2.20 bits per heavy atom. The van der Waals surface area contributed by atoms with Gasteiger partial charge in [0.05, 0.1) is 6.54 Å². The maximum atomic E-state index is 5.88. The second-order valence-corrected chi connectivity index (χ2v) is 3.39. The van der Waals surface area contributed by atoms with Crippen LogP contribution in [0.25, 0.3) is 0 Å². The molecule has 0 fully saturated rings. The summed E-state index contributed by atoms with van der Waals surface area (Å²) >= 11 is 5.88. The van der Waals surface area contributed by atoms with Gasteiger partial charge in [0.15, 0.2) is 5.82 Å². The average molecular weight is 228 g/mol. The second-order valence-electron chi connectivity index (χ2n) is 3.05. The Balaban J connectivity index is 2.26. The summed E-state index contributed by atoms with van der Waals surface area (Å²) in [7, 11) is 0. The third kappa shape index (κ3) is 1.99. The maximum absolute atomic E-state index is 5.88. The summed E-state index contributed by atoms with van der Waals surface area (Å²) in [6.07, 6.45) is 0.760. The predicted octanol–water partition coefficient (Wildman–Crippen LogP) is 1.23. The molecule has 0 saturated heterocycles. The number of nitrogens with zero attached hydrogens (tertiary/aromatic N) is 5. The molecule has 0 bridgehead atoms. The average Bonchev–Trinajstić information content (AvgIpc) is 2.76. The summed E-state index contributed by atoms with van der Waals surface area (Å²) in [5.41, 5.74) is 0. The minimum absolute atomic E-state index is 0.342. The Hall–Kier alpha value is -1.43. The summed E-state index contributed by atoms with van der Waals surface area (Å²) in [4.78, 5) is 4.09. The van der Waals surface area contributed by atoms with Crippen LogP contribution in [-0.2, 0) is 13.0 Å². The van der Waals surface area contributed by atoms with Gasteiger partial charge in [-0.25, -0.2) is 0 Å². The fraction of sp³-hybridized carbons (Fsp3) is 0.500. The molecule has 0 aromatic carbocycles. The zero-order chi connectivity index (χ0) is 10.8. The number of aryl methyl sites for hydroxylation is 2. The molecule has 2 rings (SSSR count). The molecule has 0 aliphatic rings. The van der Waals surface area contributed by atoms with Crippen LogP contribution in [0.2, 0.25) is 5.28 Å². The Morgan fingerprint density at radius 1 is 1.40 bits per heavy atom. The van der Waals surface area contributed by atoms with Crippen LogP contribution in [0.5, 0.6) is 0 Å². The van der Waals surface area contributed by atoms with Crippen molar-refractivity contribution in [1.29, 1.82) is 0 Å². The second kappa shape index (κ2) is 3.98. The number of hydrogen-bond donors (Lipinski definition) is 0. The molecule has 6 nitrogen and oxygen atoms in total. The van der Waals surface area contributed by atoms with E-state index >= 15 is 0 Å². The van der Waals surface area contributed by atoms with Crippen LogP contribution in [0.4, 0.5) is 0 Å². The fourth-order valence-corrected chi connectivity index (χ4v) is 1.47. The lowest BCUT2D eigenvalue weighted by molar-refractivity contribution is 0.386. The SMILES string of the molecule is CCc1nnc(Cl)n1Cc1noc(C)n1. The summed E-state index contributed by atoms with van der Waals surface area (Å²) in [6.45, 7) is 4.16. The molecular weight excluding hydrogens is 218 g/mol. The van der Waals surface area contributed by atoms with Gasteiger partial charge in [-0.1, -0.05) is 12.1 Å². The van der Waals surface area contributed by atoms with Gasteiger partial charge in [0.25, 0.3) is 0 Å². The Labute approximate surface area is 91.3 Å². The largest absolute Gasteiger partial charge is 0.340 e. The van der Waals surface area contributed by atoms with Gasteiger partial charge in [0.2, 0.25) is 11.2 Å². The van der Waals surface area contributed by atoms with Gasteiger partial charge in [0, 0.05) is 13.3 Å². The van der Waals surface area contributed by atoms with E-state index in [1.807, 2.05) is 6.92 Å². The molecule has 0 N–H and O–H groups in total. The molecule has 15 heavy (non-hydrogen) atoms. The summed E-state index contributed by atoms with van der Waals surface area (Å²) < 4.78 is 6.62. The van der Waals surface area contributed by atoms with E-state index in [-0.39, 0.29) is 0 Å². The van der Waals surface area contributed by atoms with E-state index < -0.39 is 0 Å². The first kappa shape index (κ1) is 10.1. The van der Waals surface area contributed by atoms with E-state index in [0.29, 0.717) is 23.5 Å². The normalized spacial score (nSPS) is 10.9. The third-order valence-corrected chi connectivity index (χ3v) is 2.25. The fourth-order valence-electron chi connectivity index (χ4n) is 1.28. The van der Waals surface area contributed by atoms with Gasteiger partial charge < -0.3 is 4.52 Å². The molecular formula is C8H10ClN5O. The highest BCUT2D eigenvalue weighted by molar-refractivity contribution is 6.28. The zero-order valence-electron chi connectivity index (χ0n) is 8.44. The molecule has 0 atom stereocenters. The van der Waals surface area contributed by atoms with Crippen molar-refractivity contribution < 1.29 is 4.52 Å². The standard InChI is InChI=1S/C8H10ClN5O/c1-3-7-11-12-8(9)14(7)4-6-10-5(2)15-13-6/h3-4H2,1-2H3. The van der Waals surface area contributed by atoms with Gasteiger partial charge in [-0.05, 0) is 11.6 Å². The minimum Gasteiger partial charge on any atom is -0.340 e. The van der Waals surface area contributed by atoms with E-state index in [0.717, 1.165) is 12.2 Å². The first-order chi connectivity index (χ1) is 7.20. The molecule has 80 valence electrons. The number of aromatic nitrogens is 5. The summed E-state index contributed by atoms with van der Waals surface area (Å²) in [5.74, 6) is 1.92. The molecule has 0 unspecified atom stereocenters. The molecule has 0 aliphatic heterocycles. The molecule has 0 spiro atoms. The van der Waals surface area contributed by atoms with Crippen molar-refractivity contribution in [1.82, 2.24) is 24.9 Å². The van der Waals surface area contributed by atoms with Crippen LogP contribution in [0.15, 0.2) is 4.52 Å². The van der Waals surface area contributed by atoms with Crippen LogP contribution < -0.4 is 0 Å². The van der Waals surface area contributed by atoms with Crippen molar-refractivity contribution in [3.63, 3.8) is 0 Å². The Kier molecular flexibility index (Phi) is 2.68. The molecule has 0 amide bonds. The monoisotopic (exact) mass is 227 g/mol. The van der Waals surface area contributed by atoms with Crippen molar-refractivity contribution in [2.45, 2.75) is 26.8 Å². The van der Waals surface area contributed by atoms with Crippen LogP contribution >= 0.6 is 11.6 Å². The highest BCUT2D eigenvalue weighted by Gasteiger charge is 2.11. The van der Waals surface area contributed by atoms with Crippen molar-refractivity contribution in [2.24, 2.45) is 0 Å².